The molecule has 0 heterocycles. The second-order valence-electron chi connectivity index (χ2n) is 7.27. The standard InChI is InChI=1S/C14H28O2Si2/c1-11(2)12-9-13(15-17(3,4)5)14(10-12)16-18(6,7)8/h9,11H,10H2,1-8H3. The third-order valence-electron chi connectivity index (χ3n) is 2.54. The summed E-state index contributed by atoms with van der Waals surface area (Å²) in [6.45, 7) is 17.8. The minimum absolute atomic E-state index is 0.563. The highest BCUT2D eigenvalue weighted by molar-refractivity contribution is 6.70. The quantitative estimate of drug-likeness (QED) is 0.669. The highest BCUT2D eigenvalue weighted by Crippen LogP contribution is 2.34. The fourth-order valence-electron chi connectivity index (χ4n) is 1.82. The van der Waals surface area contributed by atoms with Crippen molar-refractivity contribution in [3.8, 4) is 0 Å². The zero-order chi connectivity index (χ0) is 14.1. The lowest BCUT2D eigenvalue weighted by Gasteiger charge is -2.25. The molecule has 0 aliphatic heterocycles. The van der Waals surface area contributed by atoms with Gasteiger partial charge in [0.05, 0.1) is 0 Å². The van der Waals surface area contributed by atoms with Crippen molar-refractivity contribution >= 4 is 16.6 Å². The van der Waals surface area contributed by atoms with Crippen LogP contribution in [-0.4, -0.2) is 16.6 Å². The summed E-state index contributed by atoms with van der Waals surface area (Å²) in [6.07, 6.45) is 3.14. The molecular weight excluding hydrogens is 256 g/mol. The Morgan fingerprint density at radius 2 is 1.44 bits per heavy atom. The van der Waals surface area contributed by atoms with Crippen LogP contribution in [0.5, 0.6) is 0 Å². The summed E-state index contributed by atoms with van der Waals surface area (Å²) in [4.78, 5) is 0. The second kappa shape index (κ2) is 5.25. The molecule has 0 N–H and O–H groups in total. The van der Waals surface area contributed by atoms with E-state index in [1.54, 1.807) is 0 Å². The molecule has 2 nitrogen and oxygen atoms in total. The van der Waals surface area contributed by atoms with Crippen molar-refractivity contribution in [3.63, 3.8) is 0 Å². The molecule has 0 aromatic heterocycles. The van der Waals surface area contributed by atoms with Gasteiger partial charge in [-0.1, -0.05) is 19.4 Å². The monoisotopic (exact) mass is 284 g/mol. The van der Waals surface area contributed by atoms with E-state index in [2.05, 4.69) is 59.2 Å². The van der Waals surface area contributed by atoms with Gasteiger partial charge in [0.2, 0.25) is 16.6 Å². The van der Waals surface area contributed by atoms with Crippen LogP contribution in [0, 0.1) is 5.92 Å². The molecule has 0 unspecified atom stereocenters. The zero-order valence-corrected chi connectivity index (χ0v) is 15.2. The van der Waals surface area contributed by atoms with E-state index >= 15 is 0 Å². The third-order valence-corrected chi connectivity index (χ3v) is 4.23. The van der Waals surface area contributed by atoms with Gasteiger partial charge in [0.25, 0.3) is 0 Å². The van der Waals surface area contributed by atoms with Crippen molar-refractivity contribution in [1.29, 1.82) is 0 Å². The molecule has 0 bridgehead atoms. The largest absolute Gasteiger partial charge is 0.544 e. The van der Waals surface area contributed by atoms with Gasteiger partial charge in [-0.15, -0.1) is 0 Å². The van der Waals surface area contributed by atoms with Gasteiger partial charge < -0.3 is 8.85 Å². The number of hydrogen-bond donors (Lipinski definition) is 0. The van der Waals surface area contributed by atoms with E-state index in [1.165, 1.54) is 5.57 Å². The Morgan fingerprint density at radius 3 is 1.83 bits per heavy atom. The molecule has 104 valence electrons. The SMILES string of the molecule is CC(C)C1=CC(O[Si](C)(C)C)=C(O[Si](C)(C)C)C1. The molecule has 0 radical (unpaired) electrons. The van der Waals surface area contributed by atoms with Crippen LogP contribution in [-0.2, 0) is 8.85 Å². The van der Waals surface area contributed by atoms with Gasteiger partial charge in [-0.3, -0.25) is 0 Å². The molecule has 0 fully saturated rings. The van der Waals surface area contributed by atoms with E-state index in [-0.39, 0.29) is 0 Å². The summed E-state index contributed by atoms with van der Waals surface area (Å²) in [5.74, 6) is 2.63. The molecule has 0 saturated carbocycles. The van der Waals surface area contributed by atoms with E-state index in [1.807, 2.05) is 0 Å². The van der Waals surface area contributed by atoms with Crippen LogP contribution in [0.4, 0.5) is 0 Å². The Labute approximate surface area is 114 Å². The molecular formula is C14H28O2Si2. The van der Waals surface area contributed by atoms with Crippen molar-refractivity contribution in [2.75, 3.05) is 0 Å². The highest BCUT2D eigenvalue weighted by atomic mass is 28.4. The maximum absolute atomic E-state index is 6.20. The van der Waals surface area contributed by atoms with Gasteiger partial charge in [0.15, 0.2) is 0 Å². The molecule has 0 spiro atoms. The first-order valence-corrected chi connectivity index (χ1v) is 13.6. The molecule has 1 aliphatic carbocycles. The van der Waals surface area contributed by atoms with Gasteiger partial charge in [0.1, 0.15) is 11.5 Å². The summed E-state index contributed by atoms with van der Waals surface area (Å²) in [6, 6.07) is 0. The fraction of sp³-hybridized carbons (Fsp3) is 0.714. The molecule has 1 rings (SSSR count). The third kappa shape index (κ3) is 5.02. The number of hydrogen-bond acceptors (Lipinski definition) is 2. The Morgan fingerprint density at radius 1 is 0.944 bits per heavy atom. The van der Waals surface area contributed by atoms with Gasteiger partial charge in [-0.25, -0.2) is 0 Å². The van der Waals surface area contributed by atoms with Gasteiger partial charge in [-0.05, 0) is 51.3 Å². The van der Waals surface area contributed by atoms with Crippen molar-refractivity contribution in [2.45, 2.75) is 59.6 Å². The van der Waals surface area contributed by atoms with Gasteiger partial charge in [-0.2, -0.15) is 0 Å². The molecule has 0 aromatic carbocycles. The normalized spacial score (nSPS) is 17.3. The summed E-state index contributed by atoms with van der Waals surface area (Å²) < 4.78 is 12.4. The topological polar surface area (TPSA) is 18.5 Å². The maximum atomic E-state index is 6.20. The lowest BCUT2D eigenvalue weighted by atomic mass is 10.0. The van der Waals surface area contributed by atoms with Crippen LogP contribution >= 0.6 is 0 Å². The predicted octanol–water partition coefficient (Wildman–Crippen LogP) is 4.89. The van der Waals surface area contributed by atoms with Crippen molar-refractivity contribution in [1.82, 2.24) is 0 Å². The van der Waals surface area contributed by atoms with Crippen LogP contribution < -0.4 is 0 Å². The van der Waals surface area contributed by atoms with Crippen molar-refractivity contribution in [3.05, 3.63) is 23.2 Å². The van der Waals surface area contributed by atoms with Gasteiger partial charge >= 0.3 is 0 Å². The Balaban J connectivity index is 2.92. The van der Waals surface area contributed by atoms with E-state index in [9.17, 15) is 0 Å². The molecule has 0 atom stereocenters. The van der Waals surface area contributed by atoms with Crippen molar-refractivity contribution in [2.24, 2.45) is 5.92 Å². The zero-order valence-electron chi connectivity index (χ0n) is 13.2. The van der Waals surface area contributed by atoms with Crippen LogP contribution in [0.1, 0.15) is 20.3 Å². The first kappa shape index (κ1) is 15.6. The smallest absolute Gasteiger partial charge is 0.242 e. The summed E-state index contributed by atoms with van der Waals surface area (Å²) in [5.41, 5.74) is 1.43. The second-order valence-corrected chi connectivity index (χ2v) is 16.1. The van der Waals surface area contributed by atoms with Crippen molar-refractivity contribution < 1.29 is 8.85 Å². The lowest BCUT2D eigenvalue weighted by Crippen LogP contribution is -2.28. The van der Waals surface area contributed by atoms with Crippen LogP contribution in [0.2, 0.25) is 39.3 Å². The minimum atomic E-state index is -1.57. The predicted molar refractivity (Wildman–Crippen MR) is 83.4 cm³/mol. The van der Waals surface area contributed by atoms with Crippen LogP contribution in [0.15, 0.2) is 23.2 Å². The van der Waals surface area contributed by atoms with Gasteiger partial charge in [0, 0.05) is 6.42 Å². The van der Waals surface area contributed by atoms with Crippen LogP contribution in [0.25, 0.3) is 0 Å². The van der Waals surface area contributed by atoms with E-state index in [0.717, 1.165) is 17.9 Å². The average Bonchev–Trinajstić information content (AvgIpc) is 2.42. The lowest BCUT2D eigenvalue weighted by molar-refractivity contribution is 0.352. The molecule has 4 heteroatoms. The Hall–Kier alpha value is -0.486. The molecule has 0 saturated heterocycles. The highest BCUT2D eigenvalue weighted by Gasteiger charge is 2.28. The van der Waals surface area contributed by atoms with E-state index in [4.69, 9.17) is 8.85 Å². The van der Waals surface area contributed by atoms with E-state index < -0.39 is 16.6 Å². The minimum Gasteiger partial charge on any atom is -0.544 e. The summed E-state index contributed by atoms with van der Waals surface area (Å²) >= 11 is 0. The Bertz CT molecular complexity index is 368. The van der Waals surface area contributed by atoms with E-state index in [0.29, 0.717) is 5.92 Å². The molecule has 1 aliphatic rings. The summed E-state index contributed by atoms with van der Waals surface area (Å²) in [7, 11) is -3.13. The molecule has 18 heavy (non-hydrogen) atoms. The Kier molecular flexibility index (Phi) is 4.54. The summed E-state index contributed by atoms with van der Waals surface area (Å²) in [5, 5.41) is 0. The number of allylic oxidation sites excluding steroid dienone is 2. The molecule has 0 amide bonds. The maximum Gasteiger partial charge on any atom is 0.242 e. The molecule has 0 aromatic rings. The number of rotatable bonds is 5. The fourth-order valence-corrected chi connectivity index (χ4v) is 3.56. The first-order valence-electron chi connectivity index (χ1n) is 6.79. The van der Waals surface area contributed by atoms with Crippen LogP contribution in [0.3, 0.4) is 0 Å². The average molecular weight is 285 g/mol. The first-order chi connectivity index (χ1) is 7.98.